The maximum atomic E-state index is 13.1. The fourth-order valence-corrected chi connectivity index (χ4v) is 4.69. The molecule has 2 aromatic carbocycles. The van der Waals surface area contributed by atoms with E-state index in [1.54, 1.807) is 0 Å². The highest BCUT2D eigenvalue weighted by molar-refractivity contribution is 5.77. The minimum absolute atomic E-state index is 0.0290. The number of aryl methyl sites for hydroxylation is 1. The molecule has 1 atom stereocenters. The third kappa shape index (κ3) is 4.60. The molecule has 1 aromatic heterocycles. The summed E-state index contributed by atoms with van der Waals surface area (Å²) in [5, 5.41) is 0.668. The number of piperazine rings is 1. The van der Waals surface area contributed by atoms with Crippen LogP contribution in [0.4, 0.5) is 0 Å². The van der Waals surface area contributed by atoms with Gasteiger partial charge in [0, 0.05) is 39.1 Å². The maximum absolute atomic E-state index is 13.1. The smallest absolute Gasteiger partial charge is 0.261 e. The van der Waals surface area contributed by atoms with E-state index in [1.807, 2.05) is 58.9 Å². The molecule has 1 amide bonds. The molecule has 0 spiro atoms. The van der Waals surface area contributed by atoms with Crippen molar-refractivity contribution < 1.29 is 4.79 Å². The molecule has 0 N–H and O–H groups in total. The Morgan fingerprint density at radius 1 is 0.969 bits per heavy atom. The van der Waals surface area contributed by atoms with Crippen molar-refractivity contribution in [2.24, 2.45) is 0 Å². The monoisotopic (exact) mass is 432 g/mol. The largest absolute Gasteiger partial charge is 0.340 e. The molecule has 168 valence electrons. The average molecular weight is 433 g/mol. The Bertz CT molecular complexity index is 1120. The summed E-state index contributed by atoms with van der Waals surface area (Å²) in [5.41, 5.74) is 1.98. The van der Waals surface area contributed by atoms with Crippen molar-refractivity contribution in [2.75, 3.05) is 26.2 Å². The molecule has 0 radical (unpaired) electrons. The average Bonchev–Trinajstić information content (AvgIpc) is 2.84. The zero-order chi connectivity index (χ0) is 22.5. The van der Waals surface area contributed by atoms with Crippen LogP contribution >= 0.6 is 0 Å². The molecule has 0 aliphatic carbocycles. The first-order valence-corrected chi connectivity index (χ1v) is 11.7. The molecule has 0 bridgehead atoms. The normalized spacial score (nSPS) is 15.8. The maximum Gasteiger partial charge on any atom is 0.261 e. The Morgan fingerprint density at radius 3 is 2.34 bits per heavy atom. The van der Waals surface area contributed by atoms with E-state index in [4.69, 9.17) is 4.98 Å². The van der Waals surface area contributed by atoms with Gasteiger partial charge in [-0.25, -0.2) is 4.98 Å². The minimum Gasteiger partial charge on any atom is -0.340 e. The highest BCUT2D eigenvalue weighted by Crippen LogP contribution is 2.25. The predicted molar refractivity (Wildman–Crippen MR) is 128 cm³/mol. The summed E-state index contributed by atoms with van der Waals surface area (Å²) in [5.74, 6) is 1.05. The van der Waals surface area contributed by atoms with Gasteiger partial charge in [0.2, 0.25) is 5.91 Å². The second-order valence-corrected chi connectivity index (χ2v) is 8.36. The SMILES string of the molecule is CCC(c1nc2ccccc2c(=O)n1CC)N1CCN(C(=O)CCc2ccccc2)CC1. The third-order valence-electron chi connectivity index (χ3n) is 6.47. The van der Waals surface area contributed by atoms with Crippen LogP contribution in [0.15, 0.2) is 59.4 Å². The van der Waals surface area contributed by atoms with E-state index in [9.17, 15) is 9.59 Å². The standard InChI is InChI=1S/C26H32N4O2/c1-3-23(25-27-22-13-9-8-12-21(22)26(32)30(25)4-2)28-16-18-29(19-17-28)24(31)15-14-20-10-6-5-7-11-20/h5-13,23H,3-4,14-19H2,1-2H3. The summed E-state index contributed by atoms with van der Waals surface area (Å²) in [7, 11) is 0. The van der Waals surface area contributed by atoms with Crippen LogP contribution in [0.5, 0.6) is 0 Å². The Kier molecular flexibility index (Phi) is 7.00. The van der Waals surface area contributed by atoms with Crippen molar-refractivity contribution in [1.29, 1.82) is 0 Å². The molecule has 4 rings (SSSR count). The Hall–Kier alpha value is -2.99. The van der Waals surface area contributed by atoms with Crippen molar-refractivity contribution in [1.82, 2.24) is 19.4 Å². The minimum atomic E-state index is 0.0290. The zero-order valence-electron chi connectivity index (χ0n) is 19.0. The summed E-state index contributed by atoms with van der Waals surface area (Å²) in [6.45, 7) is 7.76. The number of nitrogens with zero attached hydrogens (tertiary/aromatic N) is 4. The number of para-hydroxylation sites is 1. The molecule has 1 aliphatic rings. The number of hydrogen-bond acceptors (Lipinski definition) is 4. The lowest BCUT2D eigenvalue weighted by molar-refractivity contribution is -0.133. The van der Waals surface area contributed by atoms with Crippen molar-refractivity contribution in [3.8, 4) is 0 Å². The predicted octanol–water partition coefficient (Wildman–Crippen LogP) is 3.64. The number of carbonyl (C=O) groups excluding carboxylic acids is 1. The summed E-state index contributed by atoms with van der Waals surface area (Å²) in [4.78, 5) is 35.1. The van der Waals surface area contributed by atoms with Gasteiger partial charge in [0.25, 0.3) is 5.56 Å². The van der Waals surface area contributed by atoms with Gasteiger partial charge in [-0.05, 0) is 37.5 Å². The third-order valence-corrected chi connectivity index (χ3v) is 6.47. The van der Waals surface area contributed by atoms with Gasteiger partial charge >= 0.3 is 0 Å². The van der Waals surface area contributed by atoms with Gasteiger partial charge in [-0.15, -0.1) is 0 Å². The van der Waals surface area contributed by atoms with Gasteiger partial charge in [0.15, 0.2) is 0 Å². The van der Waals surface area contributed by atoms with Crippen LogP contribution in [-0.4, -0.2) is 51.4 Å². The highest BCUT2D eigenvalue weighted by atomic mass is 16.2. The lowest BCUT2D eigenvalue weighted by atomic mass is 10.1. The van der Waals surface area contributed by atoms with Crippen LogP contribution in [0.2, 0.25) is 0 Å². The molecule has 1 fully saturated rings. The molecule has 6 heteroatoms. The van der Waals surface area contributed by atoms with Crippen LogP contribution < -0.4 is 5.56 Å². The summed E-state index contributed by atoms with van der Waals surface area (Å²) in [6, 6.07) is 17.8. The molecule has 1 saturated heterocycles. The van der Waals surface area contributed by atoms with E-state index in [0.717, 1.165) is 37.3 Å². The van der Waals surface area contributed by atoms with Crippen LogP contribution in [-0.2, 0) is 17.8 Å². The van der Waals surface area contributed by atoms with E-state index >= 15 is 0 Å². The topological polar surface area (TPSA) is 58.4 Å². The zero-order valence-corrected chi connectivity index (χ0v) is 19.0. The van der Waals surface area contributed by atoms with Crippen LogP contribution in [0.3, 0.4) is 0 Å². The van der Waals surface area contributed by atoms with Crippen LogP contribution in [0.1, 0.15) is 44.1 Å². The molecule has 2 heterocycles. The molecule has 32 heavy (non-hydrogen) atoms. The van der Waals surface area contributed by atoms with Crippen LogP contribution in [0.25, 0.3) is 10.9 Å². The number of rotatable bonds is 7. The van der Waals surface area contributed by atoms with E-state index < -0.39 is 0 Å². The van der Waals surface area contributed by atoms with Gasteiger partial charge in [-0.2, -0.15) is 0 Å². The van der Waals surface area contributed by atoms with Crippen molar-refractivity contribution in [3.05, 3.63) is 76.3 Å². The van der Waals surface area contributed by atoms with E-state index in [-0.39, 0.29) is 17.5 Å². The van der Waals surface area contributed by atoms with Crippen molar-refractivity contribution >= 4 is 16.8 Å². The number of hydrogen-bond donors (Lipinski definition) is 0. The van der Waals surface area contributed by atoms with E-state index in [2.05, 4.69) is 24.0 Å². The summed E-state index contributed by atoms with van der Waals surface area (Å²) in [6.07, 6.45) is 2.19. The molecule has 1 aliphatic heterocycles. The first-order valence-electron chi connectivity index (χ1n) is 11.7. The van der Waals surface area contributed by atoms with Gasteiger partial charge in [-0.1, -0.05) is 49.4 Å². The van der Waals surface area contributed by atoms with Crippen molar-refractivity contribution in [3.63, 3.8) is 0 Å². The second kappa shape index (κ2) is 10.1. The fourth-order valence-electron chi connectivity index (χ4n) is 4.69. The number of amides is 1. The van der Waals surface area contributed by atoms with E-state index in [0.29, 0.717) is 31.4 Å². The van der Waals surface area contributed by atoms with Gasteiger partial charge in [0.1, 0.15) is 5.82 Å². The lowest BCUT2D eigenvalue weighted by Crippen LogP contribution is -2.50. The fraction of sp³-hybridized carbons (Fsp3) is 0.423. The van der Waals surface area contributed by atoms with Gasteiger partial charge < -0.3 is 4.90 Å². The van der Waals surface area contributed by atoms with Crippen LogP contribution in [0, 0.1) is 0 Å². The van der Waals surface area contributed by atoms with E-state index in [1.165, 1.54) is 5.56 Å². The number of carbonyl (C=O) groups is 1. The number of aromatic nitrogens is 2. The first-order chi connectivity index (χ1) is 15.6. The summed E-state index contributed by atoms with van der Waals surface area (Å²) < 4.78 is 1.81. The molecule has 0 saturated carbocycles. The van der Waals surface area contributed by atoms with Gasteiger partial charge in [-0.3, -0.25) is 19.1 Å². The number of fused-ring (bicyclic) bond motifs is 1. The quantitative estimate of drug-likeness (QED) is 0.572. The number of benzene rings is 2. The Labute approximate surface area is 189 Å². The molecule has 6 nitrogen and oxygen atoms in total. The first kappa shape index (κ1) is 22.2. The molecule has 3 aromatic rings. The lowest BCUT2D eigenvalue weighted by Gasteiger charge is -2.39. The molecular formula is C26H32N4O2. The van der Waals surface area contributed by atoms with Crippen molar-refractivity contribution in [2.45, 2.75) is 45.7 Å². The molecular weight excluding hydrogens is 400 g/mol. The molecule has 1 unspecified atom stereocenters. The van der Waals surface area contributed by atoms with Gasteiger partial charge in [0.05, 0.1) is 16.9 Å². The second-order valence-electron chi connectivity index (χ2n) is 8.36. The summed E-state index contributed by atoms with van der Waals surface area (Å²) >= 11 is 0. The highest BCUT2D eigenvalue weighted by Gasteiger charge is 2.29. The Morgan fingerprint density at radius 2 is 1.66 bits per heavy atom. The Balaban J connectivity index is 1.45.